The zero-order valence-corrected chi connectivity index (χ0v) is 25.1. The van der Waals surface area contributed by atoms with Gasteiger partial charge in [-0.2, -0.15) is 9.78 Å². The van der Waals surface area contributed by atoms with E-state index < -0.39 is 0 Å². The second-order valence-electron chi connectivity index (χ2n) is 10.3. The number of para-hydroxylation sites is 1. The van der Waals surface area contributed by atoms with E-state index in [4.69, 9.17) is 35.2 Å². The van der Waals surface area contributed by atoms with Gasteiger partial charge in [-0.15, -0.1) is 0 Å². The van der Waals surface area contributed by atoms with Crippen molar-refractivity contribution < 1.29 is 18.6 Å². The quantitative estimate of drug-likeness (QED) is 0.161. The fourth-order valence-electron chi connectivity index (χ4n) is 5.36. The van der Waals surface area contributed by atoms with E-state index in [2.05, 4.69) is 23.3 Å². The fraction of sp³-hybridized carbons (Fsp3) is 0.0833. The molecule has 5 aromatic carbocycles. The van der Waals surface area contributed by atoms with Gasteiger partial charge in [-0.3, -0.25) is 4.79 Å². The molecule has 8 nitrogen and oxygen atoms in total. The summed E-state index contributed by atoms with van der Waals surface area (Å²) >= 11 is 6.72. The number of hydrogen-bond acceptors (Lipinski definition) is 7. The summed E-state index contributed by atoms with van der Waals surface area (Å²) in [7, 11) is 3.14. The Morgan fingerprint density at radius 3 is 2.44 bits per heavy atom. The summed E-state index contributed by atoms with van der Waals surface area (Å²) in [5, 5.41) is 8.30. The zero-order chi connectivity index (χ0) is 30.9. The van der Waals surface area contributed by atoms with Gasteiger partial charge in [-0.05, 0) is 64.4 Å². The standard InChI is InChI=1S/C36H26ClN3O5/c1-42-30-15-8-16-31-27(30)19-33(45-31)35-39-29-14-6-5-13-26(29)36(41)40(35)38-20-22-17-28(37)34(32(18-22)43-2)44-21-24-11-7-10-23-9-3-4-12-25(23)24/h3-20H,21H2,1-2H3. The highest BCUT2D eigenvalue weighted by Crippen LogP contribution is 2.37. The molecule has 0 N–H and O–H groups in total. The SMILES string of the molecule is COc1cc(C=Nn2c(-c3cc4c(OC)cccc4o3)nc3ccccc3c2=O)cc(Cl)c1OCc1cccc2ccccc12. The van der Waals surface area contributed by atoms with E-state index >= 15 is 0 Å². The lowest BCUT2D eigenvalue weighted by molar-refractivity contribution is 0.286. The Labute approximate surface area is 262 Å². The van der Waals surface area contributed by atoms with Gasteiger partial charge in [-0.25, -0.2) is 4.98 Å². The van der Waals surface area contributed by atoms with Crippen molar-refractivity contribution in [2.45, 2.75) is 6.61 Å². The molecule has 0 bridgehead atoms. The van der Waals surface area contributed by atoms with E-state index in [0.717, 1.165) is 21.7 Å². The first-order chi connectivity index (χ1) is 22.0. The lowest BCUT2D eigenvalue weighted by Gasteiger charge is -2.14. The number of halogens is 1. The molecule has 0 saturated carbocycles. The molecule has 222 valence electrons. The van der Waals surface area contributed by atoms with Gasteiger partial charge in [0.15, 0.2) is 17.3 Å². The zero-order valence-electron chi connectivity index (χ0n) is 24.4. The molecule has 0 saturated heterocycles. The number of benzene rings is 5. The Morgan fingerprint density at radius 2 is 1.60 bits per heavy atom. The summed E-state index contributed by atoms with van der Waals surface area (Å²) in [4.78, 5) is 18.5. The monoisotopic (exact) mass is 615 g/mol. The Kier molecular flexibility index (Phi) is 7.41. The first kappa shape index (κ1) is 28.2. The first-order valence-corrected chi connectivity index (χ1v) is 14.5. The van der Waals surface area contributed by atoms with Crippen LogP contribution in [-0.4, -0.2) is 30.1 Å². The Hall–Kier alpha value is -5.60. The van der Waals surface area contributed by atoms with Gasteiger partial charge < -0.3 is 18.6 Å². The number of methoxy groups -OCH3 is 2. The second-order valence-corrected chi connectivity index (χ2v) is 10.7. The molecule has 0 fully saturated rings. The maximum Gasteiger partial charge on any atom is 0.282 e. The predicted octanol–water partition coefficient (Wildman–Crippen LogP) is 8.09. The minimum absolute atomic E-state index is 0.237. The normalized spacial score (nSPS) is 11.5. The van der Waals surface area contributed by atoms with E-state index in [9.17, 15) is 4.79 Å². The van der Waals surface area contributed by atoms with E-state index in [1.54, 1.807) is 50.6 Å². The van der Waals surface area contributed by atoms with Crippen LogP contribution in [0.2, 0.25) is 5.02 Å². The molecular formula is C36H26ClN3O5. The molecule has 2 aromatic heterocycles. The van der Waals surface area contributed by atoms with Gasteiger partial charge in [0.05, 0.1) is 41.7 Å². The summed E-state index contributed by atoms with van der Waals surface area (Å²) in [6.07, 6.45) is 1.52. The Balaban J connectivity index is 1.26. The van der Waals surface area contributed by atoms with E-state index in [0.29, 0.717) is 56.7 Å². The van der Waals surface area contributed by atoms with Crippen LogP contribution < -0.4 is 19.8 Å². The molecule has 45 heavy (non-hydrogen) atoms. The van der Waals surface area contributed by atoms with Gasteiger partial charge in [0, 0.05) is 0 Å². The van der Waals surface area contributed by atoms with Crippen molar-refractivity contribution in [1.29, 1.82) is 0 Å². The van der Waals surface area contributed by atoms with Gasteiger partial charge in [0.1, 0.15) is 17.9 Å². The number of rotatable bonds is 8. The Bertz CT molecular complexity index is 2300. The van der Waals surface area contributed by atoms with Crippen molar-refractivity contribution >= 4 is 50.5 Å². The minimum Gasteiger partial charge on any atom is -0.496 e. The highest BCUT2D eigenvalue weighted by molar-refractivity contribution is 6.32. The average molecular weight is 616 g/mol. The molecule has 0 unspecified atom stereocenters. The van der Waals surface area contributed by atoms with Crippen LogP contribution in [0.15, 0.2) is 117 Å². The number of furan rings is 1. The number of fused-ring (bicyclic) bond motifs is 3. The third-order valence-electron chi connectivity index (χ3n) is 7.54. The molecule has 7 aromatic rings. The lowest BCUT2D eigenvalue weighted by atomic mass is 10.1. The van der Waals surface area contributed by atoms with Crippen LogP contribution in [0, 0.1) is 0 Å². The summed E-state index contributed by atoms with van der Waals surface area (Å²) in [5.41, 5.74) is 2.38. The molecule has 0 aliphatic carbocycles. The summed E-state index contributed by atoms with van der Waals surface area (Å²) in [6, 6.07) is 32.1. The molecule has 7 rings (SSSR count). The number of hydrogen-bond donors (Lipinski definition) is 0. The Morgan fingerprint density at radius 1 is 0.844 bits per heavy atom. The van der Waals surface area contributed by atoms with Crippen LogP contribution in [0.25, 0.3) is 44.2 Å². The molecule has 0 amide bonds. The second kappa shape index (κ2) is 11.8. The molecule has 0 aliphatic heterocycles. The topological polar surface area (TPSA) is 88.1 Å². The smallest absolute Gasteiger partial charge is 0.282 e. The molecule has 0 aliphatic rings. The third-order valence-corrected chi connectivity index (χ3v) is 7.82. The van der Waals surface area contributed by atoms with E-state index in [1.165, 1.54) is 10.9 Å². The molecule has 0 spiro atoms. The van der Waals surface area contributed by atoms with Crippen LogP contribution in [-0.2, 0) is 6.61 Å². The number of nitrogens with zero attached hydrogens (tertiary/aromatic N) is 3. The van der Waals surface area contributed by atoms with Gasteiger partial charge >= 0.3 is 0 Å². The predicted molar refractivity (Wildman–Crippen MR) is 177 cm³/mol. The third kappa shape index (κ3) is 5.25. The van der Waals surface area contributed by atoms with Crippen molar-refractivity contribution in [2.75, 3.05) is 14.2 Å². The number of ether oxygens (including phenoxy) is 3. The largest absolute Gasteiger partial charge is 0.496 e. The highest BCUT2D eigenvalue weighted by Gasteiger charge is 2.18. The minimum atomic E-state index is -0.354. The van der Waals surface area contributed by atoms with Crippen LogP contribution in [0.3, 0.4) is 0 Å². The maximum absolute atomic E-state index is 13.7. The van der Waals surface area contributed by atoms with Gasteiger partial charge in [-0.1, -0.05) is 72.3 Å². The average Bonchev–Trinajstić information content (AvgIpc) is 3.52. The molecular weight excluding hydrogens is 590 g/mol. The van der Waals surface area contributed by atoms with Crippen LogP contribution >= 0.6 is 11.6 Å². The summed E-state index contributed by atoms with van der Waals surface area (Å²) < 4.78 is 24.7. The molecule has 0 atom stereocenters. The highest BCUT2D eigenvalue weighted by atomic mass is 35.5. The number of aromatic nitrogens is 2. The fourth-order valence-corrected chi connectivity index (χ4v) is 5.63. The summed E-state index contributed by atoms with van der Waals surface area (Å²) in [6.45, 7) is 0.300. The molecule has 2 heterocycles. The molecule has 0 radical (unpaired) electrons. The van der Waals surface area contributed by atoms with Gasteiger partial charge in [0.25, 0.3) is 5.56 Å². The van der Waals surface area contributed by atoms with Crippen molar-refractivity contribution in [3.8, 4) is 28.8 Å². The summed E-state index contributed by atoms with van der Waals surface area (Å²) in [5.74, 6) is 2.08. The van der Waals surface area contributed by atoms with Crippen molar-refractivity contribution in [2.24, 2.45) is 5.10 Å². The van der Waals surface area contributed by atoms with E-state index in [-0.39, 0.29) is 11.4 Å². The van der Waals surface area contributed by atoms with Crippen molar-refractivity contribution in [3.63, 3.8) is 0 Å². The van der Waals surface area contributed by atoms with Crippen molar-refractivity contribution in [3.05, 3.63) is 130 Å². The van der Waals surface area contributed by atoms with Crippen molar-refractivity contribution in [1.82, 2.24) is 9.66 Å². The lowest BCUT2D eigenvalue weighted by Crippen LogP contribution is -2.20. The van der Waals surface area contributed by atoms with Crippen LogP contribution in [0.1, 0.15) is 11.1 Å². The van der Waals surface area contributed by atoms with Crippen LogP contribution in [0.5, 0.6) is 17.2 Å². The molecule has 9 heteroatoms. The maximum atomic E-state index is 13.7. The van der Waals surface area contributed by atoms with Crippen LogP contribution in [0.4, 0.5) is 0 Å². The first-order valence-electron chi connectivity index (χ1n) is 14.1. The van der Waals surface area contributed by atoms with Gasteiger partial charge in [0.2, 0.25) is 5.82 Å². The van der Waals surface area contributed by atoms with E-state index in [1.807, 2.05) is 48.5 Å².